The van der Waals surface area contributed by atoms with E-state index < -0.39 is 11.9 Å². The minimum atomic E-state index is -0.921. The molecule has 80 valence electrons. The lowest BCUT2D eigenvalue weighted by atomic mass is 9.97. The maximum absolute atomic E-state index is 10.7. The van der Waals surface area contributed by atoms with Crippen molar-refractivity contribution in [1.29, 1.82) is 0 Å². The Balaban J connectivity index is 2.96. The average Bonchev–Trinajstić information content (AvgIpc) is 2.18. The third-order valence-corrected chi connectivity index (χ3v) is 2.20. The van der Waals surface area contributed by atoms with Crippen molar-refractivity contribution in [3.63, 3.8) is 0 Å². The number of carboxylic acids is 1. The van der Waals surface area contributed by atoms with Crippen LogP contribution in [0.1, 0.15) is 22.8 Å². The summed E-state index contributed by atoms with van der Waals surface area (Å²) in [7, 11) is 0. The Morgan fingerprint density at radius 1 is 1.53 bits per heavy atom. The minimum Gasteiger partial charge on any atom is -0.508 e. The van der Waals surface area contributed by atoms with Crippen LogP contribution in [0.25, 0.3) is 0 Å². The quantitative estimate of drug-likeness (QED) is 0.735. The molecule has 0 spiro atoms. The zero-order valence-corrected chi connectivity index (χ0v) is 8.30. The molecule has 0 fully saturated rings. The van der Waals surface area contributed by atoms with Crippen molar-refractivity contribution in [2.24, 2.45) is 5.92 Å². The van der Waals surface area contributed by atoms with Crippen LogP contribution in [0, 0.1) is 5.92 Å². The molecule has 0 bridgehead atoms. The van der Waals surface area contributed by atoms with Gasteiger partial charge in [-0.2, -0.15) is 0 Å². The smallest absolute Gasteiger partial charge is 0.306 e. The molecule has 4 nitrogen and oxygen atoms in total. The molecule has 1 unspecified atom stereocenters. The number of hydrogen-bond acceptors (Lipinski definition) is 3. The number of rotatable bonds is 4. The molecule has 0 radical (unpaired) electrons. The summed E-state index contributed by atoms with van der Waals surface area (Å²) in [5.74, 6) is -1.46. The molecular formula is C11H12O4. The number of aliphatic carboxylic acids is 1. The Labute approximate surface area is 87.2 Å². The van der Waals surface area contributed by atoms with Crippen LogP contribution in [-0.4, -0.2) is 22.5 Å². The first-order chi connectivity index (χ1) is 7.04. The first-order valence-corrected chi connectivity index (χ1v) is 4.54. The van der Waals surface area contributed by atoms with Crippen molar-refractivity contribution < 1.29 is 19.8 Å². The van der Waals surface area contributed by atoms with Gasteiger partial charge in [0.25, 0.3) is 0 Å². The van der Waals surface area contributed by atoms with E-state index in [9.17, 15) is 14.7 Å². The molecule has 0 saturated carbocycles. The first kappa shape index (κ1) is 11.2. The van der Waals surface area contributed by atoms with Gasteiger partial charge in [-0.05, 0) is 30.2 Å². The highest BCUT2D eigenvalue weighted by molar-refractivity contribution is 5.78. The monoisotopic (exact) mass is 208 g/mol. The number of carbonyl (C=O) groups excluding carboxylic acids is 1. The number of carboxylic acid groups (broad SMARTS) is 1. The molecule has 0 aromatic heterocycles. The Morgan fingerprint density at radius 3 is 2.73 bits per heavy atom. The van der Waals surface area contributed by atoms with Gasteiger partial charge in [-0.15, -0.1) is 0 Å². The third kappa shape index (κ3) is 2.80. The summed E-state index contributed by atoms with van der Waals surface area (Å²) in [6, 6.07) is 4.30. The molecule has 0 aliphatic heterocycles. The van der Waals surface area contributed by atoms with E-state index >= 15 is 0 Å². The number of aromatic hydroxyl groups is 1. The van der Waals surface area contributed by atoms with Crippen molar-refractivity contribution in [2.45, 2.75) is 13.3 Å². The van der Waals surface area contributed by atoms with Gasteiger partial charge in [-0.1, -0.05) is 6.92 Å². The predicted molar refractivity (Wildman–Crippen MR) is 54.0 cm³/mol. The van der Waals surface area contributed by atoms with Gasteiger partial charge >= 0.3 is 5.97 Å². The molecule has 0 aliphatic rings. The summed E-state index contributed by atoms with van der Waals surface area (Å²) in [5.41, 5.74) is 0.973. The van der Waals surface area contributed by atoms with E-state index in [0.717, 1.165) is 0 Å². The molecule has 0 heterocycles. The number of benzene rings is 1. The minimum absolute atomic E-state index is 0.0354. The fourth-order valence-corrected chi connectivity index (χ4v) is 1.30. The lowest BCUT2D eigenvalue weighted by Gasteiger charge is -2.08. The van der Waals surface area contributed by atoms with E-state index in [-0.39, 0.29) is 12.2 Å². The molecule has 0 aliphatic carbocycles. The van der Waals surface area contributed by atoms with Gasteiger partial charge in [0.1, 0.15) is 12.0 Å². The second kappa shape index (κ2) is 4.59. The lowest BCUT2D eigenvalue weighted by molar-refractivity contribution is -0.141. The Bertz CT molecular complexity index is 384. The maximum atomic E-state index is 10.7. The van der Waals surface area contributed by atoms with Gasteiger partial charge < -0.3 is 10.2 Å². The standard InChI is InChI=1S/C11H12O4/c1-7(11(14)15)4-9-5-10(13)3-2-8(9)6-12/h2-3,5-7,13H,4H2,1H3,(H,14,15). The molecular weight excluding hydrogens is 196 g/mol. The average molecular weight is 208 g/mol. The van der Waals surface area contributed by atoms with Crippen molar-refractivity contribution in [3.05, 3.63) is 29.3 Å². The Morgan fingerprint density at radius 2 is 2.20 bits per heavy atom. The molecule has 0 amide bonds. The number of phenolic OH excluding ortho intramolecular Hbond substituents is 1. The molecule has 1 atom stereocenters. The Hall–Kier alpha value is -1.84. The van der Waals surface area contributed by atoms with Crippen molar-refractivity contribution in [1.82, 2.24) is 0 Å². The summed E-state index contributed by atoms with van der Waals surface area (Å²) in [6.45, 7) is 1.56. The molecule has 4 heteroatoms. The summed E-state index contributed by atoms with van der Waals surface area (Å²) in [5, 5.41) is 17.9. The van der Waals surface area contributed by atoms with Gasteiger partial charge in [-0.25, -0.2) is 0 Å². The molecule has 15 heavy (non-hydrogen) atoms. The second-order valence-electron chi connectivity index (χ2n) is 3.44. The highest BCUT2D eigenvalue weighted by atomic mass is 16.4. The van der Waals surface area contributed by atoms with E-state index in [0.29, 0.717) is 17.4 Å². The van der Waals surface area contributed by atoms with Crippen LogP contribution in [0.5, 0.6) is 5.75 Å². The molecule has 2 N–H and O–H groups in total. The van der Waals surface area contributed by atoms with Crippen LogP contribution in [0.2, 0.25) is 0 Å². The van der Waals surface area contributed by atoms with E-state index in [1.807, 2.05) is 0 Å². The van der Waals surface area contributed by atoms with Gasteiger partial charge in [0.05, 0.1) is 5.92 Å². The second-order valence-corrected chi connectivity index (χ2v) is 3.44. The van der Waals surface area contributed by atoms with Crippen molar-refractivity contribution >= 4 is 12.3 Å². The van der Waals surface area contributed by atoms with Crippen molar-refractivity contribution in [3.8, 4) is 5.75 Å². The van der Waals surface area contributed by atoms with Crippen molar-refractivity contribution in [2.75, 3.05) is 0 Å². The zero-order valence-electron chi connectivity index (χ0n) is 8.30. The summed E-state index contributed by atoms with van der Waals surface area (Å²) in [4.78, 5) is 21.3. The normalized spacial score (nSPS) is 12.1. The van der Waals surface area contributed by atoms with E-state index in [1.165, 1.54) is 18.2 Å². The fraction of sp³-hybridized carbons (Fsp3) is 0.273. The molecule has 1 aromatic carbocycles. The van der Waals surface area contributed by atoms with Crippen LogP contribution >= 0.6 is 0 Å². The number of hydrogen-bond donors (Lipinski definition) is 2. The fourth-order valence-electron chi connectivity index (χ4n) is 1.30. The lowest BCUT2D eigenvalue weighted by Crippen LogP contribution is -2.13. The highest BCUT2D eigenvalue weighted by Crippen LogP contribution is 2.18. The molecule has 0 saturated heterocycles. The summed E-state index contributed by atoms with van der Waals surface area (Å²) in [6.07, 6.45) is 0.890. The largest absolute Gasteiger partial charge is 0.508 e. The van der Waals surface area contributed by atoms with E-state index in [4.69, 9.17) is 5.11 Å². The predicted octanol–water partition coefficient (Wildman–Crippen LogP) is 1.47. The van der Waals surface area contributed by atoms with Gasteiger partial charge in [0.15, 0.2) is 0 Å². The summed E-state index contributed by atoms with van der Waals surface area (Å²) >= 11 is 0. The van der Waals surface area contributed by atoms with Crippen LogP contribution in [0.15, 0.2) is 18.2 Å². The number of phenols is 1. The first-order valence-electron chi connectivity index (χ1n) is 4.54. The van der Waals surface area contributed by atoms with E-state index in [1.54, 1.807) is 6.92 Å². The van der Waals surface area contributed by atoms with Crippen LogP contribution in [0.3, 0.4) is 0 Å². The van der Waals surface area contributed by atoms with Crippen LogP contribution < -0.4 is 0 Å². The van der Waals surface area contributed by atoms with Crippen LogP contribution in [-0.2, 0) is 11.2 Å². The van der Waals surface area contributed by atoms with Crippen LogP contribution in [0.4, 0.5) is 0 Å². The van der Waals surface area contributed by atoms with E-state index in [2.05, 4.69) is 0 Å². The zero-order chi connectivity index (χ0) is 11.4. The topological polar surface area (TPSA) is 74.6 Å². The number of carbonyl (C=O) groups is 2. The van der Waals surface area contributed by atoms with Gasteiger partial charge in [0.2, 0.25) is 0 Å². The van der Waals surface area contributed by atoms with Gasteiger partial charge in [0, 0.05) is 5.56 Å². The maximum Gasteiger partial charge on any atom is 0.306 e. The summed E-state index contributed by atoms with van der Waals surface area (Å²) < 4.78 is 0. The third-order valence-electron chi connectivity index (χ3n) is 2.20. The molecule has 1 aromatic rings. The Kier molecular flexibility index (Phi) is 3.44. The number of aldehydes is 1. The van der Waals surface area contributed by atoms with Gasteiger partial charge in [-0.3, -0.25) is 9.59 Å². The highest BCUT2D eigenvalue weighted by Gasteiger charge is 2.14. The molecule has 1 rings (SSSR count). The SMILES string of the molecule is CC(Cc1cc(O)ccc1C=O)C(=O)O.